The molecule has 0 amide bonds. The van der Waals surface area contributed by atoms with Gasteiger partial charge < -0.3 is 5.32 Å². The fraction of sp³-hybridized carbons (Fsp3) is 0.692. The Kier molecular flexibility index (Phi) is 3.11. The van der Waals surface area contributed by atoms with Crippen LogP contribution in [-0.4, -0.2) is 6.04 Å². The van der Waals surface area contributed by atoms with Gasteiger partial charge in [0.05, 0.1) is 3.79 Å². The molecule has 2 aliphatic rings. The number of nitrogens with one attached hydrogen (secondary N) is 1. The maximum Gasteiger partial charge on any atom is 0.0704 e. The third-order valence-corrected chi connectivity index (χ3v) is 5.61. The minimum absolute atomic E-state index is 0.629. The quantitative estimate of drug-likeness (QED) is 0.860. The van der Waals surface area contributed by atoms with Crippen LogP contribution in [0.4, 0.5) is 0 Å². The maximum atomic E-state index is 3.84. The molecular weight excluding hydrogens is 282 g/mol. The number of fused-ring (bicyclic) bond motifs is 1. The van der Waals surface area contributed by atoms with E-state index in [9.17, 15) is 0 Å². The molecule has 3 heteroatoms. The Morgan fingerprint density at radius 1 is 1.44 bits per heavy atom. The fourth-order valence-electron chi connectivity index (χ4n) is 3.02. The number of rotatable bonds is 2. The summed E-state index contributed by atoms with van der Waals surface area (Å²) in [7, 11) is 0. The molecule has 1 fully saturated rings. The van der Waals surface area contributed by atoms with Gasteiger partial charge in [-0.25, -0.2) is 0 Å². The Bertz CT molecular complexity index is 381. The molecular formula is C13H18BrNS. The van der Waals surface area contributed by atoms with E-state index < -0.39 is 0 Å². The lowest BCUT2D eigenvalue weighted by atomic mass is 9.80. The molecule has 0 saturated heterocycles. The van der Waals surface area contributed by atoms with Gasteiger partial charge in [-0.05, 0) is 65.6 Å². The second kappa shape index (κ2) is 4.43. The largest absolute Gasteiger partial charge is 0.307 e. The summed E-state index contributed by atoms with van der Waals surface area (Å²) in [6.45, 7) is 2.35. The second-order valence-electron chi connectivity index (χ2n) is 5.31. The van der Waals surface area contributed by atoms with Crippen molar-refractivity contribution in [2.24, 2.45) is 5.92 Å². The van der Waals surface area contributed by atoms with Gasteiger partial charge in [-0.1, -0.05) is 6.92 Å². The molecule has 1 nitrogen and oxygen atoms in total. The molecule has 0 bridgehead atoms. The average Bonchev–Trinajstić information content (AvgIpc) is 2.57. The van der Waals surface area contributed by atoms with Crippen molar-refractivity contribution in [3.63, 3.8) is 0 Å². The summed E-state index contributed by atoms with van der Waals surface area (Å²) in [5.41, 5.74) is 1.57. The molecule has 0 aromatic carbocycles. The molecule has 0 aliphatic heterocycles. The summed E-state index contributed by atoms with van der Waals surface area (Å²) in [5, 5.41) is 3.84. The highest BCUT2D eigenvalue weighted by molar-refractivity contribution is 9.11. The summed E-state index contributed by atoms with van der Waals surface area (Å²) < 4.78 is 1.30. The van der Waals surface area contributed by atoms with Crippen LogP contribution in [0.2, 0.25) is 0 Å². The van der Waals surface area contributed by atoms with Crippen LogP contribution >= 0.6 is 27.3 Å². The molecule has 0 spiro atoms. The maximum absolute atomic E-state index is 3.84. The molecule has 2 aliphatic carbocycles. The highest BCUT2D eigenvalue weighted by Gasteiger charge is 2.30. The lowest BCUT2D eigenvalue weighted by Gasteiger charge is -2.37. The normalized spacial score (nSPS) is 33.2. The van der Waals surface area contributed by atoms with Crippen molar-refractivity contribution in [1.82, 2.24) is 5.32 Å². The van der Waals surface area contributed by atoms with Crippen LogP contribution in [0, 0.1) is 5.92 Å². The van der Waals surface area contributed by atoms with E-state index in [2.05, 4.69) is 34.2 Å². The van der Waals surface area contributed by atoms with Crippen LogP contribution < -0.4 is 5.32 Å². The first-order chi connectivity index (χ1) is 7.72. The predicted molar refractivity (Wildman–Crippen MR) is 73.0 cm³/mol. The van der Waals surface area contributed by atoms with Gasteiger partial charge in [0.2, 0.25) is 0 Å². The van der Waals surface area contributed by atoms with Gasteiger partial charge in [0.25, 0.3) is 0 Å². The van der Waals surface area contributed by atoms with Crippen molar-refractivity contribution in [3.05, 3.63) is 20.3 Å². The van der Waals surface area contributed by atoms with E-state index in [1.54, 1.807) is 10.4 Å². The van der Waals surface area contributed by atoms with Crippen LogP contribution in [-0.2, 0) is 6.42 Å². The number of halogens is 1. The topological polar surface area (TPSA) is 12.0 Å². The van der Waals surface area contributed by atoms with Crippen molar-refractivity contribution < 1.29 is 0 Å². The van der Waals surface area contributed by atoms with Crippen molar-refractivity contribution in [1.29, 1.82) is 0 Å². The minimum Gasteiger partial charge on any atom is -0.307 e. The lowest BCUT2D eigenvalue weighted by Crippen LogP contribution is -2.42. The molecule has 1 aromatic heterocycles. The van der Waals surface area contributed by atoms with Gasteiger partial charge in [0, 0.05) is 17.0 Å². The van der Waals surface area contributed by atoms with E-state index in [1.807, 2.05) is 11.3 Å². The zero-order chi connectivity index (χ0) is 11.1. The average molecular weight is 300 g/mol. The first kappa shape index (κ1) is 11.2. The van der Waals surface area contributed by atoms with Gasteiger partial charge in [-0.2, -0.15) is 0 Å². The summed E-state index contributed by atoms with van der Waals surface area (Å²) >= 11 is 5.54. The summed E-state index contributed by atoms with van der Waals surface area (Å²) in [4.78, 5) is 1.60. The Morgan fingerprint density at radius 2 is 2.25 bits per heavy atom. The van der Waals surface area contributed by atoms with Gasteiger partial charge in [-0.3, -0.25) is 0 Å². The summed E-state index contributed by atoms with van der Waals surface area (Å²) in [6.07, 6.45) is 6.69. The van der Waals surface area contributed by atoms with E-state index in [4.69, 9.17) is 0 Å². The highest BCUT2D eigenvalue weighted by Crippen LogP contribution is 2.39. The molecule has 1 heterocycles. The van der Waals surface area contributed by atoms with E-state index in [1.165, 1.54) is 35.9 Å². The number of thiophene rings is 1. The van der Waals surface area contributed by atoms with E-state index in [0.717, 1.165) is 12.0 Å². The molecule has 1 aromatic rings. The van der Waals surface area contributed by atoms with Gasteiger partial charge >= 0.3 is 0 Å². The van der Waals surface area contributed by atoms with Crippen LogP contribution in [0.25, 0.3) is 0 Å². The third kappa shape index (κ3) is 2.09. The first-order valence-electron chi connectivity index (χ1n) is 6.26. The van der Waals surface area contributed by atoms with E-state index in [0.29, 0.717) is 6.04 Å². The van der Waals surface area contributed by atoms with Crippen LogP contribution in [0.5, 0.6) is 0 Å². The molecule has 1 saturated carbocycles. The third-order valence-electron chi connectivity index (χ3n) is 3.89. The van der Waals surface area contributed by atoms with Gasteiger partial charge in [0.1, 0.15) is 0 Å². The Hall–Kier alpha value is 0.140. The molecule has 0 radical (unpaired) electrons. The zero-order valence-electron chi connectivity index (χ0n) is 9.63. The summed E-state index contributed by atoms with van der Waals surface area (Å²) in [5.74, 6) is 0.940. The Balaban J connectivity index is 1.72. The van der Waals surface area contributed by atoms with Gasteiger partial charge in [0.15, 0.2) is 0 Å². The van der Waals surface area contributed by atoms with Crippen LogP contribution in [0.15, 0.2) is 9.85 Å². The number of aryl methyl sites for hydroxylation is 1. The smallest absolute Gasteiger partial charge is 0.0704 e. The predicted octanol–water partition coefficient (Wildman–Crippen LogP) is 4.28. The highest BCUT2D eigenvalue weighted by atomic mass is 79.9. The van der Waals surface area contributed by atoms with Crippen LogP contribution in [0.3, 0.4) is 0 Å². The standard InChI is InChI=1S/C13H18BrNS/c1-8-5-9(6-8)15-11-3-2-4-12-10(11)7-13(14)16-12/h7-9,11,15H,2-6H2,1H3. The molecule has 88 valence electrons. The van der Waals surface area contributed by atoms with Crippen molar-refractivity contribution in [2.45, 2.75) is 51.1 Å². The van der Waals surface area contributed by atoms with E-state index >= 15 is 0 Å². The molecule has 1 atom stereocenters. The number of hydrogen-bond acceptors (Lipinski definition) is 2. The monoisotopic (exact) mass is 299 g/mol. The first-order valence-corrected chi connectivity index (χ1v) is 7.87. The minimum atomic E-state index is 0.629. The molecule has 1 N–H and O–H groups in total. The van der Waals surface area contributed by atoms with Crippen molar-refractivity contribution >= 4 is 27.3 Å². The molecule has 3 rings (SSSR count). The summed E-state index contributed by atoms with van der Waals surface area (Å²) in [6, 6.07) is 3.74. The lowest BCUT2D eigenvalue weighted by molar-refractivity contribution is 0.216. The Morgan fingerprint density at radius 3 is 3.00 bits per heavy atom. The SMILES string of the molecule is CC1CC(NC2CCCc3sc(Br)cc32)C1. The van der Waals surface area contributed by atoms with Crippen LogP contribution in [0.1, 0.15) is 49.1 Å². The van der Waals surface area contributed by atoms with Gasteiger partial charge in [-0.15, -0.1) is 11.3 Å². The zero-order valence-corrected chi connectivity index (χ0v) is 12.0. The molecule has 16 heavy (non-hydrogen) atoms. The molecule has 1 unspecified atom stereocenters. The fourth-order valence-corrected chi connectivity index (χ4v) is 4.84. The number of hydrogen-bond donors (Lipinski definition) is 1. The Labute approximate surface area is 110 Å². The van der Waals surface area contributed by atoms with Crippen molar-refractivity contribution in [2.75, 3.05) is 0 Å². The second-order valence-corrected chi connectivity index (χ2v) is 7.83. The van der Waals surface area contributed by atoms with Crippen molar-refractivity contribution in [3.8, 4) is 0 Å². The van der Waals surface area contributed by atoms with E-state index in [-0.39, 0.29) is 0 Å².